The first-order valence-electron chi connectivity index (χ1n) is 9.28. The molecule has 1 unspecified atom stereocenters. The van der Waals surface area contributed by atoms with Crippen LogP contribution in [0.15, 0.2) is 35.4 Å². The summed E-state index contributed by atoms with van der Waals surface area (Å²) in [7, 11) is 4.09. The number of aromatic nitrogens is 3. The van der Waals surface area contributed by atoms with Crippen molar-refractivity contribution in [1.29, 1.82) is 0 Å². The zero-order valence-electron chi connectivity index (χ0n) is 16.2. The molecule has 0 aliphatic carbocycles. The quantitative estimate of drug-likeness (QED) is 0.601. The molecular formula is C20H22N5O3P. The molecule has 4 heterocycles. The predicted octanol–water partition coefficient (Wildman–Crippen LogP) is 0.750. The smallest absolute Gasteiger partial charge is 0.270 e. The molecule has 3 aromatic rings. The fourth-order valence-corrected chi connectivity index (χ4v) is 3.69. The Hall–Kier alpha value is -2.83. The Bertz CT molecular complexity index is 1140. The zero-order valence-corrected chi connectivity index (χ0v) is 17.4. The monoisotopic (exact) mass is 411 g/mol. The summed E-state index contributed by atoms with van der Waals surface area (Å²) < 4.78 is 5.95. The zero-order chi connectivity index (χ0) is 20.5. The number of fused-ring (bicyclic) bond motifs is 1. The summed E-state index contributed by atoms with van der Waals surface area (Å²) >= 11 is 0. The van der Waals surface area contributed by atoms with E-state index in [1.807, 2.05) is 12.3 Å². The van der Waals surface area contributed by atoms with Crippen molar-refractivity contribution in [2.75, 3.05) is 20.1 Å². The van der Waals surface area contributed by atoms with Gasteiger partial charge in [-0.1, -0.05) is 0 Å². The number of hydrogen-bond acceptors (Lipinski definition) is 6. The van der Waals surface area contributed by atoms with E-state index in [0.717, 1.165) is 36.2 Å². The molecule has 150 valence electrons. The van der Waals surface area contributed by atoms with Gasteiger partial charge in [0.05, 0.1) is 17.2 Å². The van der Waals surface area contributed by atoms with Crippen molar-refractivity contribution in [3.8, 4) is 5.75 Å². The molecule has 0 bridgehead atoms. The second-order valence-electron chi connectivity index (χ2n) is 7.18. The lowest BCUT2D eigenvalue weighted by Crippen LogP contribution is -2.53. The number of carbonyl (C=O) groups is 1. The minimum Gasteiger partial charge on any atom is -0.486 e. The van der Waals surface area contributed by atoms with Crippen molar-refractivity contribution in [3.05, 3.63) is 57.8 Å². The molecule has 2 N–H and O–H groups in total. The minimum atomic E-state index is -0.225. The van der Waals surface area contributed by atoms with E-state index in [1.165, 1.54) is 0 Å². The van der Waals surface area contributed by atoms with Crippen molar-refractivity contribution in [1.82, 2.24) is 25.2 Å². The number of nitrogens with one attached hydrogen (secondary N) is 2. The minimum absolute atomic E-state index is 0.0722. The van der Waals surface area contributed by atoms with E-state index in [4.69, 9.17) is 4.74 Å². The summed E-state index contributed by atoms with van der Waals surface area (Å²) in [5, 5.41) is 3.26. The van der Waals surface area contributed by atoms with Gasteiger partial charge < -0.3 is 15.0 Å². The predicted molar refractivity (Wildman–Crippen MR) is 114 cm³/mol. The van der Waals surface area contributed by atoms with E-state index in [9.17, 15) is 9.59 Å². The van der Waals surface area contributed by atoms with Crippen LogP contribution in [0.3, 0.4) is 0 Å². The second kappa shape index (κ2) is 7.89. The van der Waals surface area contributed by atoms with Gasteiger partial charge >= 0.3 is 0 Å². The van der Waals surface area contributed by atoms with Gasteiger partial charge in [-0.3, -0.25) is 19.5 Å². The van der Waals surface area contributed by atoms with Crippen LogP contribution in [0.1, 0.15) is 21.6 Å². The SMILES string of the molecule is CNC(=O)c1ncc(OC2CN(Cc3cnc4cc(C)c(=O)[nH]c4c3)C2)cc1P. The number of nitrogens with zero attached hydrogens (tertiary/aromatic N) is 3. The summed E-state index contributed by atoms with van der Waals surface area (Å²) in [6.45, 7) is 4.08. The Balaban J connectivity index is 1.35. The van der Waals surface area contributed by atoms with E-state index >= 15 is 0 Å². The first-order chi connectivity index (χ1) is 13.9. The van der Waals surface area contributed by atoms with Crippen LogP contribution in [-0.4, -0.2) is 52.0 Å². The van der Waals surface area contributed by atoms with E-state index in [1.54, 1.807) is 32.3 Å². The lowest BCUT2D eigenvalue weighted by molar-refractivity contribution is 0.0144. The van der Waals surface area contributed by atoms with Gasteiger partial charge in [-0.15, -0.1) is 9.24 Å². The number of H-pyrrole nitrogens is 1. The molecule has 0 saturated carbocycles. The number of likely N-dealkylation sites (tertiary alicyclic amines) is 1. The van der Waals surface area contributed by atoms with Crippen LogP contribution in [0, 0.1) is 6.92 Å². The summed E-state index contributed by atoms with van der Waals surface area (Å²) in [6.07, 6.45) is 3.49. The van der Waals surface area contributed by atoms with Gasteiger partial charge in [0.25, 0.3) is 11.5 Å². The lowest BCUT2D eigenvalue weighted by atomic mass is 10.1. The van der Waals surface area contributed by atoms with Crippen molar-refractivity contribution in [2.24, 2.45) is 0 Å². The molecule has 0 radical (unpaired) electrons. The van der Waals surface area contributed by atoms with Crippen LogP contribution in [0.25, 0.3) is 11.0 Å². The maximum Gasteiger partial charge on any atom is 0.270 e. The molecule has 4 rings (SSSR count). The Morgan fingerprint density at radius 2 is 2.10 bits per heavy atom. The third-order valence-electron chi connectivity index (χ3n) is 4.90. The molecule has 1 aliphatic heterocycles. The largest absolute Gasteiger partial charge is 0.486 e. The first-order valence-corrected chi connectivity index (χ1v) is 9.86. The number of aromatic amines is 1. The van der Waals surface area contributed by atoms with Gasteiger partial charge in [-0.2, -0.15) is 0 Å². The summed E-state index contributed by atoms with van der Waals surface area (Å²) in [6, 6.07) is 5.57. The molecule has 9 heteroatoms. The highest BCUT2D eigenvalue weighted by molar-refractivity contribution is 7.27. The number of pyridine rings is 3. The molecule has 8 nitrogen and oxygen atoms in total. The average molecular weight is 411 g/mol. The van der Waals surface area contributed by atoms with Crippen LogP contribution < -0.4 is 20.9 Å². The molecule has 1 aliphatic rings. The highest BCUT2D eigenvalue weighted by Crippen LogP contribution is 2.20. The molecular weight excluding hydrogens is 389 g/mol. The molecule has 3 aromatic heterocycles. The van der Waals surface area contributed by atoms with Crippen molar-refractivity contribution in [2.45, 2.75) is 19.6 Å². The van der Waals surface area contributed by atoms with Crippen molar-refractivity contribution < 1.29 is 9.53 Å². The summed E-state index contributed by atoms with van der Waals surface area (Å²) in [4.78, 5) is 37.3. The van der Waals surface area contributed by atoms with E-state index in [0.29, 0.717) is 22.3 Å². The van der Waals surface area contributed by atoms with Gasteiger partial charge in [-0.05, 0) is 30.7 Å². The Morgan fingerprint density at radius 3 is 2.83 bits per heavy atom. The fourth-order valence-electron chi connectivity index (χ4n) is 3.32. The molecule has 1 saturated heterocycles. The number of rotatable bonds is 5. The molecule has 1 fully saturated rings. The average Bonchev–Trinajstić information content (AvgIpc) is 2.67. The summed E-state index contributed by atoms with van der Waals surface area (Å²) in [5.41, 5.74) is 3.53. The highest BCUT2D eigenvalue weighted by Gasteiger charge is 2.28. The Kier molecular flexibility index (Phi) is 5.30. The Labute approximate surface area is 169 Å². The van der Waals surface area contributed by atoms with Crippen LogP contribution in [-0.2, 0) is 6.54 Å². The number of amides is 1. The normalized spacial score (nSPS) is 14.6. The van der Waals surface area contributed by atoms with E-state index < -0.39 is 0 Å². The number of ether oxygens (including phenoxy) is 1. The van der Waals surface area contributed by atoms with Gasteiger partial charge in [-0.25, -0.2) is 4.98 Å². The lowest BCUT2D eigenvalue weighted by Gasteiger charge is -2.38. The first kappa shape index (κ1) is 19.5. The molecule has 1 atom stereocenters. The number of aryl methyl sites for hydroxylation is 1. The van der Waals surface area contributed by atoms with Crippen LogP contribution in [0.4, 0.5) is 0 Å². The van der Waals surface area contributed by atoms with Gasteiger partial charge in [0.15, 0.2) is 0 Å². The Morgan fingerprint density at radius 1 is 1.31 bits per heavy atom. The van der Waals surface area contributed by atoms with Crippen LogP contribution in [0.2, 0.25) is 0 Å². The van der Waals surface area contributed by atoms with Gasteiger partial charge in [0, 0.05) is 43.7 Å². The van der Waals surface area contributed by atoms with Crippen molar-refractivity contribution in [3.63, 3.8) is 0 Å². The topological polar surface area (TPSA) is 100 Å². The summed E-state index contributed by atoms with van der Waals surface area (Å²) in [5.74, 6) is 0.421. The van der Waals surface area contributed by atoms with E-state index in [2.05, 4.69) is 34.4 Å². The van der Waals surface area contributed by atoms with Gasteiger partial charge in [0.1, 0.15) is 17.5 Å². The maximum atomic E-state index is 11.8. The van der Waals surface area contributed by atoms with Crippen LogP contribution in [0.5, 0.6) is 5.75 Å². The van der Waals surface area contributed by atoms with Crippen LogP contribution >= 0.6 is 9.24 Å². The number of carbonyl (C=O) groups excluding carboxylic acids is 1. The molecule has 1 amide bonds. The van der Waals surface area contributed by atoms with E-state index in [-0.39, 0.29) is 17.6 Å². The van der Waals surface area contributed by atoms with Gasteiger partial charge in [0.2, 0.25) is 0 Å². The number of hydrogen-bond donors (Lipinski definition) is 2. The highest BCUT2D eigenvalue weighted by atomic mass is 31.0. The maximum absolute atomic E-state index is 11.8. The molecule has 0 spiro atoms. The molecule has 29 heavy (non-hydrogen) atoms. The third kappa shape index (κ3) is 4.13. The second-order valence-corrected chi connectivity index (χ2v) is 7.80. The fraction of sp³-hybridized carbons (Fsp3) is 0.300. The molecule has 0 aromatic carbocycles. The standard InChI is InChI=1S/C20H22N5O3P/c1-11-3-15-16(24-19(11)26)4-12(6-22-15)8-25-9-14(10-25)28-13-5-17(29)18(23-7-13)20(27)21-2/h3-7,14H,8-10,29H2,1-2H3,(H,21,27)(H,24,26). The van der Waals surface area contributed by atoms with Crippen molar-refractivity contribution >= 4 is 31.5 Å². The third-order valence-corrected chi connectivity index (χ3v) is 5.34.